The number of esters is 1. The van der Waals surface area contributed by atoms with Crippen LogP contribution in [-0.4, -0.2) is 24.8 Å². The van der Waals surface area contributed by atoms with Crippen LogP contribution in [0, 0.1) is 5.41 Å². The highest BCUT2D eigenvalue weighted by Gasteiger charge is 2.44. The fourth-order valence-electron chi connectivity index (χ4n) is 2.43. The number of carbonyl (C=O) groups excluding carboxylic acids is 1. The van der Waals surface area contributed by atoms with Crippen molar-refractivity contribution in [1.29, 1.82) is 0 Å². The van der Waals surface area contributed by atoms with Gasteiger partial charge >= 0.3 is 5.97 Å². The van der Waals surface area contributed by atoms with Crippen LogP contribution in [0.2, 0.25) is 0 Å². The Balaban J connectivity index is 2.27. The van der Waals surface area contributed by atoms with Crippen LogP contribution in [0.15, 0.2) is 17.1 Å². The predicted molar refractivity (Wildman–Crippen MR) is 59.0 cm³/mol. The molecule has 0 spiro atoms. The normalized spacial score (nSPS) is 29.3. The molecule has 2 aliphatic rings. The van der Waals surface area contributed by atoms with E-state index in [1.54, 1.807) is 0 Å². The average Bonchev–Trinajstić information content (AvgIpc) is 2.29. The van der Waals surface area contributed by atoms with E-state index in [2.05, 4.69) is 4.99 Å². The van der Waals surface area contributed by atoms with Crippen LogP contribution >= 0.6 is 0 Å². The summed E-state index contributed by atoms with van der Waals surface area (Å²) in [6.45, 7) is 3.01. The molecule has 0 bridgehead atoms. The summed E-state index contributed by atoms with van der Waals surface area (Å²) in [6.07, 6.45) is 8.03. The van der Waals surface area contributed by atoms with Crippen molar-refractivity contribution in [2.24, 2.45) is 10.4 Å². The lowest BCUT2D eigenvalue weighted by Crippen LogP contribution is -2.42. The van der Waals surface area contributed by atoms with E-state index in [0.717, 1.165) is 37.9 Å². The number of rotatable bonds is 2. The Morgan fingerprint density at radius 2 is 2.47 bits per heavy atom. The zero-order valence-corrected chi connectivity index (χ0v) is 9.16. The largest absolute Gasteiger partial charge is 0.465 e. The highest BCUT2D eigenvalue weighted by Crippen LogP contribution is 2.38. The zero-order chi connectivity index (χ0) is 10.7. The van der Waals surface area contributed by atoms with Gasteiger partial charge in [-0.15, -0.1) is 0 Å². The maximum atomic E-state index is 12.0. The highest BCUT2D eigenvalue weighted by molar-refractivity contribution is 6.09. The Morgan fingerprint density at radius 1 is 1.60 bits per heavy atom. The quantitative estimate of drug-likeness (QED) is 0.514. The molecule has 15 heavy (non-hydrogen) atoms. The number of nitrogens with zero attached hydrogens (tertiary/aromatic N) is 1. The summed E-state index contributed by atoms with van der Waals surface area (Å²) >= 11 is 0. The van der Waals surface area contributed by atoms with Gasteiger partial charge in [-0.05, 0) is 26.2 Å². The van der Waals surface area contributed by atoms with Gasteiger partial charge in [-0.2, -0.15) is 0 Å². The average molecular weight is 207 g/mol. The van der Waals surface area contributed by atoms with Crippen LogP contribution in [0.25, 0.3) is 0 Å². The topological polar surface area (TPSA) is 38.7 Å². The fourth-order valence-corrected chi connectivity index (χ4v) is 2.43. The summed E-state index contributed by atoms with van der Waals surface area (Å²) in [7, 11) is 0. The van der Waals surface area contributed by atoms with Crippen LogP contribution in [0.5, 0.6) is 0 Å². The van der Waals surface area contributed by atoms with Crippen molar-refractivity contribution < 1.29 is 9.53 Å². The van der Waals surface area contributed by atoms with Gasteiger partial charge in [-0.1, -0.05) is 18.6 Å². The van der Waals surface area contributed by atoms with E-state index >= 15 is 0 Å². The molecule has 1 aliphatic carbocycles. The minimum absolute atomic E-state index is 0.112. The molecule has 0 saturated heterocycles. The summed E-state index contributed by atoms with van der Waals surface area (Å²) in [5.74, 6) is -0.112. The monoisotopic (exact) mass is 207 g/mol. The van der Waals surface area contributed by atoms with Gasteiger partial charge in [-0.3, -0.25) is 9.79 Å². The van der Waals surface area contributed by atoms with Crippen molar-refractivity contribution in [2.75, 3.05) is 13.2 Å². The van der Waals surface area contributed by atoms with E-state index in [-0.39, 0.29) is 5.97 Å². The number of aliphatic imine (C=N–C) groups is 1. The van der Waals surface area contributed by atoms with Gasteiger partial charge in [0, 0.05) is 5.71 Å². The molecule has 0 N–H and O–H groups in total. The minimum atomic E-state index is -0.507. The molecule has 1 unspecified atom stereocenters. The molecule has 82 valence electrons. The summed E-state index contributed by atoms with van der Waals surface area (Å²) in [5, 5.41) is 0. The predicted octanol–water partition coefficient (Wildman–Crippen LogP) is 2.12. The molecule has 1 atom stereocenters. The first kappa shape index (κ1) is 10.4. The second kappa shape index (κ2) is 4.17. The first-order chi connectivity index (χ1) is 7.29. The van der Waals surface area contributed by atoms with Crippen molar-refractivity contribution in [3.8, 4) is 0 Å². The molecule has 3 heteroatoms. The van der Waals surface area contributed by atoms with E-state index in [1.807, 2.05) is 19.1 Å². The van der Waals surface area contributed by atoms with Crippen molar-refractivity contribution in [3.05, 3.63) is 12.2 Å². The number of ether oxygens (including phenoxy) is 1. The molecule has 1 heterocycles. The van der Waals surface area contributed by atoms with Crippen molar-refractivity contribution in [2.45, 2.75) is 32.6 Å². The SMILES string of the molecule is CCOC(=O)C12C=CCN=C1CCCC2. The van der Waals surface area contributed by atoms with E-state index in [4.69, 9.17) is 4.74 Å². The Hall–Kier alpha value is -1.12. The minimum Gasteiger partial charge on any atom is -0.465 e. The van der Waals surface area contributed by atoms with Gasteiger partial charge in [0.25, 0.3) is 0 Å². The van der Waals surface area contributed by atoms with Gasteiger partial charge in [0.15, 0.2) is 0 Å². The first-order valence-corrected chi connectivity index (χ1v) is 5.68. The van der Waals surface area contributed by atoms with Crippen LogP contribution in [0.1, 0.15) is 32.6 Å². The molecule has 1 saturated carbocycles. The molecule has 1 aliphatic heterocycles. The van der Waals surface area contributed by atoms with Crippen molar-refractivity contribution in [1.82, 2.24) is 0 Å². The maximum absolute atomic E-state index is 12.0. The lowest BCUT2D eigenvalue weighted by Gasteiger charge is -2.35. The number of hydrogen-bond donors (Lipinski definition) is 0. The maximum Gasteiger partial charge on any atom is 0.321 e. The molecule has 0 amide bonds. The Morgan fingerprint density at radius 3 is 3.27 bits per heavy atom. The fraction of sp³-hybridized carbons (Fsp3) is 0.667. The molecular weight excluding hydrogens is 190 g/mol. The molecule has 0 radical (unpaired) electrons. The third-order valence-corrected chi connectivity index (χ3v) is 3.18. The van der Waals surface area contributed by atoms with E-state index in [0.29, 0.717) is 6.61 Å². The molecule has 0 aromatic carbocycles. The first-order valence-electron chi connectivity index (χ1n) is 5.68. The molecular formula is C12H17NO2. The highest BCUT2D eigenvalue weighted by atomic mass is 16.5. The van der Waals surface area contributed by atoms with E-state index in [1.165, 1.54) is 0 Å². The van der Waals surface area contributed by atoms with Crippen LogP contribution in [-0.2, 0) is 9.53 Å². The third-order valence-electron chi connectivity index (χ3n) is 3.18. The summed E-state index contributed by atoms with van der Waals surface area (Å²) in [4.78, 5) is 16.5. The van der Waals surface area contributed by atoms with E-state index < -0.39 is 5.41 Å². The molecule has 0 aromatic rings. The Kier molecular flexibility index (Phi) is 2.89. The van der Waals surface area contributed by atoms with Gasteiger partial charge in [-0.25, -0.2) is 0 Å². The van der Waals surface area contributed by atoms with Crippen LogP contribution < -0.4 is 0 Å². The van der Waals surface area contributed by atoms with Crippen LogP contribution in [0.4, 0.5) is 0 Å². The Bertz CT molecular complexity index is 320. The lowest BCUT2D eigenvalue weighted by molar-refractivity contribution is -0.149. The van der Waals surface area contributed by atoms with E-state index in [9.17, 15) is 4.79 Å². The number of carbonyl (C=O) groups is 1. The second-order valence-corrected chi connectivity index (χ2v) is 4.09. The number of fused-ring (bicyclic) bond motifs is 1. The van der Waals surface area contributed by atoms with Crippen LogP contribution in [0.3, 0.4) is 0 Å². The number of hydrogen-bond acceptors (Lipinski definition) is 3. The standard InChI is InChI=1S/C12H17NO2/c1-2-15-11(14)12-7-4-3-6-10(12)13-9-5-8-12/h5,8H,2-4,6-7,9H2,1H3. The second-order valence-electron chi connectivity index (χ2n) is 4.09. The molecule has 1 fully saturated rings. The molecule has 0 aromatic heterocycles. The molecule has 2 rings (SSSR count). The van der Waals surface area contributed by atoms with Crippen molar-refractivity contribution >= 4 is 11.7 Å². The summed E-state index contributed by atoms with van der Waals surface area (Å²) < 4.78 is 5.17. The smallest absolute Gasteiger partial charge is 0.321 e. The molecule has 3 nitrogen and oxygen atoms in total. The van der Waals surface area contributed by atoms with Gasteiger partial charge in [0.1, 0.15) is 5.41 Å². The zero-order valence-electron chi connectivity index (χ0n) is 9.16. The van der Waals surface area contributed by atoms with Gasteiger partial charge in [0.2, 0.25) is 0 Å². The third kappa shape index (κ3) is 1.71. The summed E-state index contributed by atoms with van der Waals surface area (Å²) in [5.41, 5.74) is 0.529. The Labute approximate surface area is 90.2 Å². The van der Waals surface area contributed by atoms with Crippen molar-refractivity contribution in [3.63, 3.8) is 0 Å². The number of dihydropyridines is 1. The lowest BCUT2D eigenvalue weighted by atomic mass is 9.71. The van der Waals surface area contributed by atoms with Gasteiger partial charge < -0.3 is 4.74 Å². The summed E-state index contributed by atoms with van der Waals surface area (Å²) in [6, 6.07) is 0. The van der Waals surface area contributed by atoms with Gasteiger partial charge in [0.05, 0.1) is 13.2 Å².